The molecule has 0 heterocycles. The summed E-state index contributed by atoms with van der Waals surface area (Å²) in [4.78, 5) is 0. The highest BCUT2D eigenvalue weighted by Crippen LogP contribution is 2.21. The minimum atomic E-state index is 0.145. The molecule has 0 aliphatic rings. The lowest BCUT2D eigenvalue weighted by atomic mass is 9.95. The predicted molar refractivity (Wildman–Crippen MR) is 51.2 cm³/mol. The van der Waals surface area contributed by atoms with Crippen LogP contribution in [0.15, 0.2) is 18.2 Å². The molecular formula is C11H16O. The van der Waals surface area contributed by atoms with E-state index in [1.807, 2.05) is 12.1 Å². The minimum Gasteiger partial charge on any atom is -0.392 e. The quantitative estimate of drug-likeness (QED) is 0.712. The average molecular weight is 164 g/mol. The summed E-state index contributed by atoms with van der Waals surface area (Å²) in [6.07, 6.45) is 0. The molecule has 0 bridgehead atoms. The third-order valence-electron chi connectivity index (χ3n) is 2.28. The molecule has 0 aliphatic carbocycles. The van der Waals surface area contributed by atoms with Crippen LogP contribution in [-0.2, 0) is 6.61 Å². The van der Waals surface area contributed by atoms with E-state index in [0.29, 0.717) is 5.92 Å². The second kappa shape index (κ2) is 3.72. The van der Waals surface area contributed by atoms with E-state index in [0.717, 1.165) is 5.56 Å². The van der Waals surface area contributed by atoms with Crippen molar-refractivity contribution in [3.8, 4) is 0 Å². The first-order valence-corrected chi connectivity index (χ1v) is 4.36. The molecule has 0 aromatic heterocycles. The summed E-state index contributed by atoms with van der Waals surface area (Å²) in [6, 6.07) is 6.11. The second-order valence-corrected chi connectivity index (χ2v) is 3.44. The molecule has 0 radical (unpaired) electrons. The Morgan fingerprint density at radius 1 is 1.33 bits per heavy atom. The fourth-order valence-corrected chi connectivity index (χ4v) is 1.50. The normalized spacial score (nSPS) is 10.8. The lowest BCUT2D eigenvalue weighted by Gasteiger charge is -2.12. The Bertz CT molecular complexity index is 264. The smallest absolute Gasteiger partial charge is 0.0684 e. The van der Waals surface area contributed by atoms with Gasteiger partial charge in [-0.05, 0) is 29.5 Å². The SMILES string of the molecule is Cc1c(CO)cccc1C(C)C. The van der Waals surface area contributed by atoms with E-state index < -0.39 is 0 Å². The highest BCUT2D eigenvalue weighted by atomic mass is 16.3. The van der Waals surface area contributed by atoms with Gasteiger partial charge in [0, 0.05) is 0 Å². The Hall–Kier alpha value is -0.820. The molecule has 66 valence electrons. The maximum absolute atomic E-state index is 9.02. The highest BCUT2D eigenvalue weighted by molar-refractivity contribution is 5.35. The van der Waals surface area contributed by atoms with Gasteiger partial charge in [0.2, 0.25) is 0 Å². The van der Waals surface area contributed by atoms with Crippen molar-refractivity contribution in [2.75, 3.05) is 0 Å². The predicted octanol–water partition coefficient (Wildman–Crippen LogP) is 2.61. The van der Waals surface area contributed by atoms with Crippen molar-refractivity contribution < 1.29 is 5.11 Å². The molecule has 0 atom stereocenters. The molecule has 0 spiro atoms. The Morgan fingerprint density at radius 3 is 2.50 bits per heavy atom. The van der Waals surface area contributed by atoms with E-state index in [4.69, 9.17) is 5.11 Å². The summed E-state index contributed by atoms with van der Waals surface area (Å²) in [6.45, 7) is 6.56. The number of aliphatic hydroxyl groups excluding tert-OH is 1. The number of hydrogen-bond acceptors (Lipinski definition) is 1. The fraction of sp³-hybridized carbons (Fsp3) is 0.455. The van der Waals surface area contributed by atoms with Crippen LogP contribution in [0.5, 0.6) is 0 Å². The van der Waals surface area contributed by atoms with Gasteiger partial charge in [-0.3, -0.25) is 0 Å². The van der Waals surface area contributed by atoms with Crippen LogP contribution in [0.3, 0.4) is 0 Å². The summed E-state index contributed by atoms with van der Waals surface area (Å²) in [7, 11) is 0. The molecule has 0 saturated carbocycles. The zero-order valence-corrected chi connectivity index (χ0v) is 7.96. The van der Waals surface area contributed by atoms with Crippen molar-refractivity contribution in [2.24, 2.45) is 0 Å². The van der Waals surface area contributed by atoms with Crippen LogP contribution in [0.2, 0.25) is 0 Å². The first-order valence-electron chi connectivity index (χ1n) is 4.36. The standard InChI is InChI=1S/C11H16O/c1-8(2)11-6-4-5-10(7-12)9(11)3/h4-6,8,12H,7H2,1-3H3. The largest absolute Gasteiger partial charge is 0.392 e. The van der Waals surface area contributed by atoms with Crippen molar-refractivity contribution in [3.63, 3.8) is 0 Å². The van der Waals surface area contributed by atoms with E-state index in [-0.39, 0.29) is 6.61 Å². The molecule has 1 aromatic rings. The maximum atomic E-state index is 9.02. The van der Waals surface area contributed by atoms with Gasteiger partial charge in [-0.25, -0.2) is 0 Å². The van der Waals surface area contributed by atoms with Crippen molar-refractivity contribution >= 4 is 0 Å². The molecule has 1 aromatic carbocycles. The second-order valence-electron chi connectivity index (χ2n) is 3.44. The summed E-state index contributed by atoms with van der Waals surface area (Å²) in [5, 5.41) is 9.02. The van der Waals surface area contributed by atoms with Gasteiger partial charge in [0.15, 0.2) is 0 Å². The maximum Gasteiger partial charge on any atom is 0.0684 e. The van der Waals surface area contributed by atoms with Gasteiger partial charge in [0.25, 0.3) is 0 Å². The summed E-state index contributed by atoms with van der Waals surface area (Å²) >= 11 is 0. The number of aliphatic hydroxyl groups is 1. The lowest BCUT2D eigenvalue weighted by Crippen LogP contribution is -1.96. The average Bonchev–Trinajstić information content (AvgIpc) is 2.04. The van der Waals surface area contributed by atoms with Crippen LogP contribution in [-0.4, -0.2) is 5.11 Å². The third kappa shape index (κ3) is 1.67. The molecule has 1 heteroatoms. The van der Waals surface area contributed by atoms with Gasteiger partial charge in [-0.2, -0.15) is 0 Å². The number of benzene rings is 1. The molecule has 0 unspecified atom stereocenters. The van der Waals surface area contributed by atoms with E-state index >= 15 is 0 Å². The van der Waals surface area contributed by atoms with Gasteiger partial charge in [0.05, 0.1) is 6.61 Å². The minimum absolute atomic E-state index is 0.145. The Labute approximate surface area is 74.1 Å². The van der Waals surface area contributed by atoms with Crippen LogP contribution in [0.4, 0.5) is 0 Å². The topological polar surface area (TPSA) is 20.2 Å². The van der Waals surface area contributed by atoms with Crippen molar-refractivity contribution in [3.05, 3.63) is 34.9 Å². The number of rotatable bonds is 2. The first-order chi connectivity index (χ1) is 5.66. The zero-order chi connectivity index (χ0) is 9.14. The van der Waals surface area contributed by atoms with Crippen LogP contribution in [0.25, 0.3) is 0 Å². The molecule has 0 amide bonds. The Balaban J connectivity index is 3.14. The molecule has 0 fully saturated rings. The summed E-state index contributed by atoms with van der Waals surface area (Å²) < 4.78 is 0. The van der Waals surface area contributed by atoms with E-state index in [1.54, 1.807) is 0 Å². The van der Waals surface area contributed by atoms with Crippen LogP contribution < -0.4 is 0 Å². The summed E-state index contributed by atoms with van der Waals surface area (Å²) in [5.41, 5.74) is 3.61. The molecular weight excluding hydrogens is 148 g/mol. The van der Waals surface area contributed by atoms with Crippen molar-refractivity contribution in [1.82, 2.24) is 0 Å². The van der Waals surface area contributed by atoms with Crippen LogP contribution >= 0.6 is 0 Å². The monoisotopic (exact) mass is 164 g/mol. The molecule has 1 N–H and O–H groups in total. The first kappa shape index (κ1) is 9.27. The van der Waals surface area contributed by atoms with Crippen molar-refractivity contribution in [1.29, 1.82) is 0 Å². The Kier molecular flexibility index (Phi) is 2.88. The molecule has 1 nitrogen and oxygen atoms in total. The van der Waals surface area contributed by atoms with Gasteiger partial charge >= 0.3 is 0 Å². The molecule has 12 heavy (non-hydrogen) atoms. The van der Waals surface area contributed by atoms with Gasteiger partial charge in [0.1, 0.15) is 0 Å². The lowest BCUT2D eigenvalue weighted by molar-refractivity contribution is 0.281. The van der Waals surface area contributed by atoms with E-state index in [9.17, 15) is 0 Å². The molecule has 1 rings (SSSR count). The summed E-state index contributed by atoms with van der Waals surface area (Å²) in [5.74, 6) is 0.538. The van der Waals surface area contributed by atoms with Crippen LogP contribution in [0.1, 0.15) is 36.5 Å². The van der Waals surface area contributed by atoms with Crippen molar-refractivity contribution in [2.45, 2.75) is 33.3 Å². The zero-order valence-electron chi connectivity index (χ0n) is 7.96. The van der Waals surface area contributed by atoms with Gasteiger partial charge in [-0.15, -0.1) is 0 Å². The van der Waals surface area contributed by atoms with E-state index in [1.165, 1.54) is 11.1 Å². The van der Waals surface area contributed by atoms with Gasteiger partial charge < -0.3 is 5.11 Å². The van der Waals surface area contributed by atoms with E-state index in [2.05, 4.69) is 26.8 Å². The Morgan fingerprint density at radius 2 is 2.00 bits per heavy atom. The molecule has 0 aliphatic heterocycles. The molecule has 0 saturated heterocycles. The fourth-order valence-electron chi connectivity index (χ4n) is 1.50. The highest BCUT2D eigenvalue weighted by Gasteiger charge is 2.05. The van der Waals surface area contributed by atoms with Crippen LogP contribution in [0, 0.1) is 6.92 Å². The number of hydrogen-bond donors (Lipinski definition) is 1. The third-order valence-corrected chi connectivity index (χ3v) is 2.28. The van der Waals surface area contributed by atoms with Gasteiger partial charge in [-0.1, -0.05) is 32.0 Å².